The fourth-order valence-corrected chi connectivity index (χ4v) is 2.14. The van der Waals surface area contributed by atoms with E-state index in [0.29, 0.717) is 0 Å². The fraction of sp³-hybridized carbons (Fsp3) is 1.00. The third-order valence-electron chi connectivity index (χ3n) is 3.44. The first-order valence-corrected chi connectivity index (χ1v) is 6.31. The predicted molar refractivity (Wildman–Crippen MR) is 66.3 cm³/mol. The minimum atomic E-state index is 0.732. The van der Waals surface area contributed by atoms with E-state index >= 15 is 0 Å². The molecule has 3 nitrogen and oxygen atoms in total. The number of rotatable bonds is 6. The minimum Gasteiger partial charge on any atom is -0.320 e. The Kier molecular flexibility index (Phi) is 6.22. The largest absolute Gasteiger partial charge is 0.320 e. The lowest BCUT2D eigenvalue weighted by atomic mass is 10.1. The van der Waals surface area contributed by atoms with Gasteiger partial charge in [0.1, 0.15) is 0 Å². The maximum absolute atomic E-state index is 3.20. The summed E-state index contributed by atoms with van der Waals surface area (Å²) < 4.78 is 0. The van der Waals surface area contributed by atoms with Crippen LogP contribution in [-0.2, 0) is 0 Å². The topological polar surface area (TPSA) is 18.5 Å². The van der Waals surface area contributed by atoms with Crippen LogP contribution in [0.4, 0.5) is 0 Å². The van der Waals surface area contributed by atoms with Gasteiger partial charge in [-0.2, -0.15) is 0 Å². The number of unbranched alkanes of at least 4 members (excludes halogenated alkanes) is 2. The third kappa shape index (κ3) is 4.96. The molecule has 0 spiro atoms. The Bertz CT molecular complexity index is 161. The summed E-state index contributed by atoms with van der Waals surface area (Å²) in [5, 5.41) is 3.20. The van der Waals surface area contributed by atoms with Crippen LogP contribution < -0.4 is 5.32 Å². The summed E-state index contributed by atoms with van der Waals surface area (Å²) >= 11 is 0. The smallest absolute Gasteiger partial charge is 0.0192 e. The van der Waals surface area contributed by atoms with Gasteiger partial charge < -0.3 is 15.1 Å². The highest BCUT2D eigenvalue weighted by molar-refractivity contribution is 4.76. The Hall–Kier alpha value is -0.120. The van der Waals surface area contributed by atoms with Crippen LogP contribution in [0.15, 0.2) is 0 Å². The Morgan fingerprint density at radius 3 is 2.67 bits per heavy atom. The van der Waals surface area contributed by atoms with Crippen molar-refractivity contribution in [1.29, 1.82) is 0 Å². The number of hydrogen-bond acceptors (Lipinski definition) is 3. The monoisotopic (exact) mass is 213 g/mol. The molecule has 0 saturated carbocycles. The first-order valence-electron chi connectivity index (χ1n) is 6.31. The van der Waals surface area contributed by atoms with Crippen LogP contribution in [0.3, 0.4) is 0 Å². The maximum Gasteiger partial charge on any atom is 0.0192 e. The zero-order valence-electron chi connectivity index (χ0n) is 10.6. The van der Waals surface area contributed by atoms with Crippen molar-refractivity contribution in [2.45, 2.75) is 32.2 Å². The maximum atomic E-state index is 3.20. The predicted octanol–water partition coefficient (Wildman–Crippen LogP) is 1.01. The summed E-state index contributed by atoms with van der Waals surface area (Å²) in [6, 6.07) is 0.732. The van der Waals surface area contributed by atoms with Gasteiger partial charge in [-0.15, -0.1) is 0 Å². The molecule has 0 bridgehead atoms. The molecule has 1 rings (SSSR count). The van der Waals surface area contributed by atoms with Crippen LogP contribution >= 0.6 is 0 Å². The third-order valence-corrected chi connectivity index (χ3v) is 3.44. The molecule has 90 valence electrons. The van der Waals surface area contributed by atoms with Crippen molar-refractivity contribution < 1.29 is 0 Å². The number of piperazine rings is 1. The molecule has 0 aromatic carbocycles. The van der Waals surface area contributed by atoms with Gasteiger partial charge in [0.2, 0.25) is 0 Å². The van der Waals surface area contributed by atoms with E-state index in [0.717, 1.165) is 6.04 Å². The Labute approximate surface area is 94.8 Å². The summed E-state index contributed by atoms with van der Waals surface area (Å²) in [7, 11) is 4.26. The number of likely N-dealkylation sites (N-methyl/N-ethyl adjacent to an activating group) is 1. The number of hydrogen-bond donors (Lipinski definition) is 1. The van der Waals surface area contributed by atoms with Crippen LogP contribution in [0.5, 0.6) is 0 Å². The van der Waals surface area contributed by atoms with E-state index in [9.17, 15) is 0 Å². The van der Waals surface area contributed by atoms with Crippen LogP contribution in [-0.4, -0.2) is 62.7 Å². The lowest BCUT2D eigenvalue weighted by Gasteiger charge is -2.37. The number of nitrogens with zero attached hydrogens (tertiary/aromatic N) is 2. The molecule has 1 saturated heterocycles. The van der Waals surface area contributed by atoms with Gasteiger partial charge in [-0.05, 0) is 47.0 Å². The van der Waals surface area contributed by atoms with Gasteiger partial charge in [0, 0.05) is 25.7 Å². The first kappa shape index (κ1) is 12.9. The van der Waals surface area contributed by atoms with E-state index < -0.39 is 0 Å². The van der Waals surface area contributed by atoms with Crippen LogP contribution in [0.2, 0.25) is 0 Å². The van der Waals surface area contributed by atoms with Crippen LogP contribution in [0.25, 0.3) is 0 Å². The average molecular weight is 213 g/mol. The van der Waals surface area contributed by atoms with Gasteiger partial charge in [0.25, 0.3) is 0 Å². The number of nitrogens with one attached hydrogen (secondary N) is 1. The molecule has 15 heavy (non-hydrogen) atoms. The molecule has 1 fully saturated rings. The molecule has 1 atom stereocenters. The molecule has 0 aromatic rings. The van der Waals surface area contributed by atoms with Crippen LogP contribution in [0.1, 0.15) is 26.2 Å². The highest BCUT2D eigenvalue weighted by atomic mass is 15.3. The molecule has 0 amide bonds. The van der Waals surface area contributed by atoms with E-state index in [1.54, 1.807) is 0 Å². The van der Waals surface area contributed by atoms with Crippen molar-refractivity contribution in [2.75, 3.05) is 46.8 Å². The second kappa shape index (κ2) is 7.20. The van der Waals surface area contributed by atoms with Crippen molar-refractivity contribution in [2.24, 2.45) is 0 Å². The van der Waals surface area contributed by atoms with Gasteiger partial charge in [-0.1, -0.05) is 6.42 Å². The highest BCUT2D eigenvalue weighted by Crippen LogP contribution is 2.08. The van der Waals surface area contributed by atoms with Crippen molar-refractivity contribution in [3.8, 4) is 0 Å². The van der Waals surface area contributed by atoms with Gasteiger partial charge in [0.05, 0.1) is 0 Å². The summed E-state index contributed by atoms with van der Waals surface area (Å²) in [5.41, 5.74) is 0. The minimum absolute atomic E-state index is 0.732. The van der Waals surface area contributed by atoms with Crippen molar-refractivity contribution in [3.05, 3.63) is 0 Å². The quantitative estimate of drug-likeness (QED) is 0.664. The summed E-state index contributed by atoms with van der Waals surface area (Å²) in [4.78, 5) is 5.07. The molecule has 1 aliphatic rings. The van der Waals surface area contributed by atoms with Crippen LogP contribution in [0, 0.1) is 0 Å². The first-order chi connectivity index (χ1) is 7.24. The zero-order chi connectivity index (χ0) is 11.1. The Balaban J connectivity index is 2.02. The average Bonchev–Trinajstić information content (AvgIpc) is 2.23. The molecule has 1 heterocycles. The molecule has 0 radical (unpaired) electrons. The molecular formula is C12H27N3. The summed E-state index contributed by atoms with van der Waals surface area (Å²) in [5.74, 6) is 0. The van der Waals surface area contributed by atoms with E-state index in [2.05, 4.69) is 29.1 Å². The normalized spacial score (nSPS) is 24.6. The summed E-state index contributed by atoms with van der Waals surface area (Å²) in [6.07, 6.45) is 4.04. The highest BCUT2D eigenvalue weighted by Gasteiger charge is 2.19. The fourth-order valence-electron chi connectivity index (χ4n) is 2.14. The molecule has 1 aliphatic heterocycles. The molecular weight excluding hydrogens is 186 g/mol. The Morgan fingerprint density at radius 1 is 1.20 bits per heavy atom. The Morgan fingerprint density at radius 2 is 2.00 bits per heavy atom. The van der Waals surface area contributed by atoms with Gasteiger partial charge in [-0.3, -0.25) is 0 Å². The molecule has 0 aliphatic carbocycles. The molecule has 1 unspecified atom stereocenters. The lowest BCUT2D eigenvalue weighted by Crippen LogP contribution is -2.50. The molecule has 0 aromatic heterocycles. The summed E-state index contributed by atoms with van der Waals surface area (Å²) in [6.45, 7) is 8.53. The standard InChI is InChI=1S/C12H27N3/c1-12-11-15(10-9-14(12)3)8-6-4-5-7-13-2/h12-13H,4-11H2,1-3H3. The SMILES string of the molecule is CNCCCCCN1CCN(C)C(C)C1. The lowest BCUT2D eigenvalue weighted by molar-refractivity contribution is 0.104. The zero-order valence-corrected chi connectivity index (χ0v) is 10.6. The second-order valence-corrected chi connectivity index (χ2v) is 4.79. The van der Waals surface area contributed by atoms with E-state index in [1.165, 1.54) is 52.0 Å². The van der Waals surface area contributed by atoms with Crippen molar-refractivity contribution in [3.63, 3.8) is 0 Å². The van der Waals surface area contributed by atoms with Gasteiger partial charge >= 0.3 is 0 Å². The molecule has 1 N–H and O–H groups in total. The molecule has 3 heteroatoms. The second-order valence-electron chi connectivity index (χ2n) is 4.79. The van der Waals surface area contributed by atoms with E-state index in [-0.39, 0.29) is 0 Å². The van der Waals surface area contributed by atoms with E-state index in [1.807, 2.05) is 7.05 Å². The van der Waals surface area contributed by atoms with Crippen molar-refractivity contribution in [1.82, 2.24) is 15.1 Å². The van der Waals surface area contributed by atoms with Crippen molar-refractivity contribution >= 4 is 0 Å². The van der Waals surface area contributed by atoms with Gasteiger partial charge in [0.15, 0.2) is 0 Å². The van der Waals surface area contributed by atoms with Gasteiger partial charge in [-0.25, -0.2) is 0 Å². The van der Waals surface area contributed by atoms with E-state index in [4.69, 9.17) is 0 Å².